The fourth-order valence-electron chi connectivity index (χ4n) is 2.46. The number of pyridine rings is 1. The van der Waals surface area contributed by atoms with Crippen molar-refractivity contribution in [2.24, 2.45) is 0 Å². The van der Waals surface area contributed by atoms with E-state index in [1.165, 1.54) is 12.1 Å². The van der Waals surface area contributed by atoms with E-state index in [9.17, 15) is 9.18 Å². The third-order valence-corrected chi connectivity index (χ3v) is 3.68. The number of anilines is 1. The van der Waals surface area contributed by atoms with Gasteiger partial charge in [0.2, 0.25) is 0 Å². The Morgan fingerprint density at radius 3 is 2.74 bits per heavy atom. The van der Waals surface area contributed by atoms with Crippen LogP contribution in [0.25, 0.3) is 0 Å². The largest absolute Gasteiger partial charge is 0.360 e. The number of aryl methyl sites for hydroxylation is 1. The van der Waals surface area contributed by atoms with Gasteiger partial charge in [0.05, 0.1) is 18.4 Å². The van der Waals surface area contributed by atoms with Gasteiger partial charge in [-0.1, -0.05) is 5.16 Å². The van der Waals surface area contributed by atoms with E-state index in [0.29, 0.717) is 25.5 Å². The standard InChI is InChI=1S/C15H18FN5O2/c1-11-8-13(23-19-11)10-20-4-6-21(7-5-20)15(22)18-14-3-2-12(16)9-17-14/h2-3,8-9H,4-7,10H2,1H3,(H,17,18,22). The number of nitrogens with one attached hydrogen (secondary N) is 1. The Bertz CT molecular complexity index is 665. The molecule has 1 N–H and O–H groups in total. The summed E-state index contributed by atoms with van der Waals surface area (Å²) in [6.45, 7) is 5.31. The van der Waals surface area contributed by atoms with Crippen LogP contribution in [0, 0.1) is 12.7 Å². The fraction of sp³-hybridized carbons (Fsp3) is 0.400. The van der Waals surface area contributed by atoms with Crippen LogP contribution in [-0.2, 0) is 6.54 Å². The van der Waals surface area contributed by atoms with Crippen molar-refractivity contribution in [2.45, 2.75) is 13.5 Å². The van der Waals surface area contributed by atoms with Crippen LogP contribution in [0.3, 0.4) is 0 Å². The fourth-order valence-corrected chi connectivity index (χ4v) is 2.46. The maximum atomic E-state index is 12.8. The van der Waals surface area contributed by atoms with Crippen molar-refractivity contribution < 1.29 is 13.7 Å². The summed E-state index contributed by atoms with van der Waals surface area (Å²) in [5.74, 6) is 0.742. The number of halogens is 1. The number of nitrogens with zero attached hydrogens (tertiary/aromatic N) is 4. The maximum Gasteiger partial charge on any atom is 0.323 e. The predicted octanol–water partition coefficient (Wildman–Crippen LogP) is 1.87. The average molecular weight is 319 g/mol. The second-order valence-corrected chi connectivity index (χ2v) is 5.49. The zero-order valence-electron chi connectivity index (χ0n) is 12.8. The summed E-state index contributed by atoms with van der Waals surface area (Å²) >= 11 is 0. The Morgan fingerprint density at radius 2 is 2.13 bits per heavy atom. The number of rotatable bonds is 3. The van der Waals surface area contributed by atoms with E-state index in [4.69, 9.17) is 4.52 Å². The number of carbonyl (C=O) groups excluding carboxylic acids is 1. The molecule has 2 amide bonds. The van der Waals surface area contributed by atoms with Crippen LogP contribution >= 0.6 is 0 Å². The minimum absolute atomic E-state index is 0.223. The van der Waals surface area contributed by atoms with Crippen LogP contribution in [0.4, 0.5) is 15.0 Å². The number of urea groups is 1. The van der Waals surface area contributed by atoms with Crippen molar-refractivity contribution in [1.82, 2.24) is 19.9 Å². The Balaban J connectivity index is 1.48. The van der Waals surface area contributed by atoms with Crippen LogP contribution in [0.15, 0.2) is 28.9 Å². The van der Waals surface area contributed by atoms with Gasteiger partial charge in [0.15, 0.2) is 5.76 Å². The van der Waals surface area contributed by atoms with Gasteiger partial charge >= 0.3 is 6.03 Å². The molecule has 1 aliphatic rings. The first-order valence-electron chi connectivity index (χ1n) is 7.42. The van der Waals surface area contributed by atoms with E-state index < -0.39 is 5.82 Å². The molecule has 0 saturated carbocycles. The third kappa shape index (κ3) is 4.04. The van der Waals surface area contributed by atoms with Crippen LogP contribution in [-0.4, -0.2) is 52.2 Å². The Hall–Kier alpha value is -2.48. The second kappa shape index (κ2) is 6.74. The highest BCUT2D eigenvalue weighted by atomic mass is 19.1. The topological polar surface area (TPSA) is 74.5 Å². The van der Waals surface area contributed by atoms with E-state index in [0.717, 1.165) is 30.7 Å². The molecule has 8 heteroatoms. The molecular formula is C15H18FN5O2. The van der Waals surface area contributed by atoms with Crippen LogP contribution < -0.4 is 5.32 Å². The normalized spacial score (nSPS) is 15.7. The molecule has 2 aromatic heterocycles. The lowest BCUT2D eigenvalue weighted by Gasteiger charge is -2.33. The molecule has 1 aliphatic heterocycles. The van der Waals surface area contributed by atoms with E-state index in [1.54, 1.807) is 4.90 Å². The molecule has 122 valence electrons. The lowest BCUT2D eigenvalue weighted by molar-refractivity contribution is 0.134. The molecule has 0 atom stereocenters. The lowest BCUT2D eigenvalue weighted by atomic mass is 10.3. The number of aromatic nitrogens is 2. The first-order valence-corrected chi connectivity index (χ1v) is 7.42. The van der Waals surface area contributed by atoms with Crippen molar-refractivity contribution in [2.75, 3.05) is 31.5 Å². The molecule has 0 bridgehead atoms. The summed E-state index contributed by atoms with van der Waals surface area (Å²) in [6.07, 6.45) is 1.08. The molecule has 1 saturated heterocycles. The first kappa shape index (κ1) is 15.4. The highest BCUT2D eigenvalue weighted by Gasteiger charge is 2.22. The molecule has 0 aliphatic carbocycles. The minimum atomic E-state index is -0.431. The monoisotopic (exact) mass is 319 g/mol. The van der Waals surface area contributed by atoms with Gasteiger partial charge in [-0.15, -0.1) is 0 Å². The van der Waals surface area contributed by atoms with Gasteiger partial charge in [0, 0.05) is 32.2 Å². The Kier molecular flexibility index (Phi) is 4.52. The summed E-state index contributed by atoms with van der Waals surface area (Å²) in [7, 11) is 0. The molecule has 0 unspecified atom stereocenters. The van der Waals surface area contributed by atoms with E-state index in [-0.39, 0.29) is 6.03 Å². The summed E-state index contributed by atoms with van der Waals surface area (Å²) in [5, 5.41) is 6.54. The van der Waals surface area contributed by atoms with E-state index in [1.807, 2.05) is 13.0 Å². The van der Waals surface area contributed by atoms with Crippen molar-refractivity contribution >= 4 is 11.8 Å². The molecule has 0 radical (unpaired) electrons. The van der Waals surface area contributed by atoms with Gasteiger partial charge in [0.1, 0.15) is 11.6 Å². The molecular weight excluding hydrogens is 301 g/mol. The van der Waals surface area contributed by atoms with E-state index in [2.05, 4.69) is 20.4 Å². The van der Waals surface area contributed by atoms with Crippen LogP contribution in [0.5, 0.6) is 0 Å². The number of hydrogen-bond acceptors (Lipinski definition) is 5. The van der Waals surface area contributed by atoms with Gasteiger partial charge in [-0.3, -0.25) is 10.2 Å². The Labute approximate surface area is 133 Å². The number of hydrogen-bond donors (Lipinski definition) is 1. The van der Waals surface area contributed by atoms with Crippen LogP contribution in [0.2, 0.25) is 0 Å². The molecule has 23 heavy (non-hydrogen) atoms. The average Bonchev–Trinajstić information content (AvgIpc) is 2.95. The lowest BCUT2D eigenvalue weighted by Crippen LogP contribution is -2.49. The molecule has 7 nitrogen and oxygen atoms in total. The van der Waals surface area contributed by atoms with Crippen molar-refractivity contribution in [3.8, 4) is 0 Å². The number of carbonyl (C=O) groups is 1. The predicted molar refractivity (Wildman–Crippen MR) is 81.3 cm³/mol. The highest BCUT2D eigenvalue weighted by molar-refractivity contribution is 5.88. The van der Waals surface area contributed by atoms with Gasteiger partial charge in [0.25, 0.3) is 0 Å². The molecule has 3 heterocycles. The van der Waals surface area contributed by atoms with Gasteiger partial charge in [-0.2, -0.15) is 0 Å². The third-order valence-electron chi connectivity index (χ3n) is 3.68. The number of amides is 2. The van der Waals surface area contributed by atoms with Crippen LogP contribution in [0.1, 0.15) is 11.5 Å². The zero-order valence-corrected chi connectivity index (χ0v) is 12.8. The van der Waals surface area contributed by atoms with Gasteiger partial charge < -0.3 is 9.42 Å². The van der Waals surface area contributed by atoms with Crippen molar-refractivity contribution in [1.29, 1.82) is 0 Å². The first-order chi connectivity index (χ1) is 11.1. The molecule has 2 aromatic rings. The van der Waals surface area contributed by atoms with Crippen molar-refractivity contribution in [3.05, 3.63) is 41.7 Å². The zero-order chi connectivity index (χ0) is 16.2. The van der Waals surface area contributed by atoms with E-state index >= 15 is 0 Å². The maximum absolute atomic E-state index is 12.8. The molecule has 0 spiro atoms. The molecule has 0 aromatic carbocycles. The summed E-state index contributed by atoms with van der Waals surface area (Å²) in [5.41, 5.74) is 0.866. The summed E-state index contributed by atoms with van der Waals surface area (Å²) in [4.78, 5) is 19.9. The van der Waals surface area contributed by atoms with Gasteiger partial charge in [-0.05, 0) is 19.1 Å². The quantitative estimate of drug-likeness (QED) is 0.935. The summed E-state index contributed by atoms with van der Waals surface area (Å²) in [6, 6.07) is 4.40. The molecule has 1 fully saturated rings. The summed E-state index contributed by atoms with van der Waals surface area (Å²) < 4.78 is 18.0. The second-order valence-electron chi connectivity index (χ2n) is 5.49. The van der Waals surface area contributed by atoms with Gasteiger partial charge in [-0.25, -0.2) is 14.2 Å². The van der Waals surface area contributed by atoms with Crippen molar-refractivity contribution in [3.63, 3.8) is 0 Å². The SMILES string of the molecule is Cc1cc(CN2CCN(C(=O)Nc3ccc(F)cn3)CC2)on1. The Morgan fingerprint density at radius 1 is 1.35 bits per heavy atom. The minimum Gasteiger partial charge on any atom is -0.360 e. The highest BCUT2D eigenvalue weighted by Crippen LogP contribution is 2.11. The molecule has 3 rings (SSSR count). The smallest absolute Gasteiger partial charge is 0.323 e. The number of piperazine rings is 1.